The molecule has 2 N–H and O–H groups in total. The third-order valence-electron chi connectivity index (χ3n) is 5.86. The highest BCUT2D eigenvalue weighted by molar-refractivity contribution is 7.15. The van der Waals surface area contributed by atoms with Gasteiger partial charge in [-0.05, 0) is 42.9 Å². The van der Waals surface area contributed by atoms with E-state index in [9.17, 15) is 14.4 Å². The van der Waals surface area contributed by atoms with E-state index in [1.165, 1.54) is 16.2 Å². The van der Waals surface area contributed by atoms with Crippen LogP contribution in [0.25, 0.3) is 0 Å². The molecule has 1 aliphatic heterocycles. The molecule has 9 heteroatoms. The number of rotatable bonds is 4. The number of fused-ring (bicyclic) bond motifs is 5. The van der Waals surface area contributed by atoms with Crippen LogP contribution in [-0.2, 0) is 16.1 Å². The minimum absolute atomic E-state index is 0.0885. The molecule has 4 unspecified atom stereocenters. The SMILES string of the molecule is Cc1nnc(NC(=O)NCc2ccc(N3C(=O)C4C5C=CC(C5)C4C3=O)cc2)s1. The van der Waals surface area contributed by atoms with E-state index in [0.29, 0.717) is 17.4 Å². The zero-order valence-electron chi connectivity index (χ0n) is 15.7. The lowest BCUT2D eigenvalue weighted by atomic mass is 9.85. The summed E-state index contributed by atoms with van der Waals surface area (Å²) in [5.74, 6) is -0.183. The fourth-order valence-corrected chi connectivity index (χ4v) is 5.18. The molecule has 2 bridgehead atoms. The van der Waals surface area contributed by atoms with Crippen molar-refractivity contribution in [3.05, 3.63) is 47.0 Å². The average molecular weight is 409 g/mol. The quantitative estimate of drug-likeness (QED) is 0.596. The Morgan fingerprint density at radius 1 is 1.10 bits per heavy atom. The van der Waals surface area contributed by atoms with Crippen molar-refractivity contribution in [1.29, 1.82) is 0 Å². The van der Waals surface area contributed by atoms with Gasteiger partial charge in [0.25, 0.3) is 0 Å². The first kappa shape index (κ1) is 18.0. The normalized spacial score (nSPS) is 26.9. The summed E-state index contributed by atoms with van der Waals surface area (Å²) in [6, 6.07) is 6.77. The molecule has 2 aromatic rings. The number of aromatic nitrogens is 2. The fraction of sp³-hybridized carbons (Fsp3) is 0.350. The monoisotopic (exact) mass is 409 g/mol. The number of hydrogen-bond donors (Lipinski definition) is 2. The molecule has 2 heterocycles. The van der Waals surface area contributed by atoms with Crippen LogP contribution in [0, 0.1) is 30.6 Å². The van der Waals surface area contributed by atoms with E-state index in [2.05, 4.69) is 33.0 Å². The Morgan fingerprint density at radius 2 is 1.76 bits per heavy atom. The van der Waals surface area contributed by atoms with Gasteiger partial charge in [0.15, 0.2) is 0 Å². The van der Waals surface area contributed by atoms with Gasteiger partial charge >= 0.3 is 6.03 Å². The van der Waals surface area contributed by atoms with Gasteiger partial charge in [0.05, 0.1) is 17.5 Å². The summed E-state index contributed by atoms with van der Waals surface area (Å²) in [7, 11) is 0. The molecule has 29 heavy (non-hydrogen) atoms. The lowest BCUT2D eigenvalue weighted by molar-refractivity contribution is -0.123. The minimum atomic E-state index is -0.370. The van der Waals surface area contributed by atoms with Crippen LogP contribution >= 0.6 is 11.3 Å². The molecule has 0 spiro atoms. The van der Waals surface area contributed by atoms with Crippen LogP contribution in [-0.4, -0.2) is 28.0 Å². The van der Waals surface area contributed by atoms with Crippen molar-refractivity contribution >= 4 is 40.0 Å². The number of imide groups is 1. The van der Waals surface area contributed by atoms with E-state index in [-0.39, 0.29) is 41.5 Å². The largest absolute Gasteiger partial charge is 0.334 e. The van der Waals surface area contributed by atoms with E-state index in [0.717, 1.165) is 17.0 Å². The molecule has 1 saturated heterocycles. The Morgan fingerprint density at radius 3 is 2.34 bits per heavy atom. The zero-order valence-corrected chi connectivity index (χ0v) is 16.5. The lowest BCUT2D eigenvalue weighted by Gasteiger charge is -2.17. The lowest BCUT2D eigenvalue weighted by Crippen LogP contribution is -2.32. The number of benzene rings is 1. The summed E-state index contributed by atoms with van der Waals surface area (Å²) in [6.07, 6.45) is 5.09. The highest BCUT2D eigenvalue weighted by Gasteiger charge is 2.59. The second-order valence-electron chi connectivity index (χ2n) is 7.61. The summed E-state index contributed by atoms with van der Waals surface area (Å²) in [5.41, 5.74) is 1.45. The van der Waals surface area contributed by atoms with Gasteiger partial charge in [0.1, 0.15) is 5.01 Å². The number of allylic oxidation sites excluding steroid dienone is 2. The average Bonchev–Trinajstić information content (AvgIpc) is 3.46. The summed E-state index contributed by atoms with van der Waals surface area (Å²) < 4.78 is 0. The van der Waals surface area contributed by atoms with E-state index in [1.54, 1.807) is 12.1 Å². The van der Waals surface area contributed by atoms with Gasteiger partial charge in [-0.3, -0.25) is 19.8 Å². The molecule has 2 fully saturated rings. The van der Waals surface area contributed by atoms with Crippen molar-refractivity contribution in [3.8, 4) is 0 Å². The topological polar surface area (TPSA) is 104 Å². The number of carbonyl (C=O) groups excluding carboxylic acids is 3. The van der Waals surface area contributed by atoms with Crippen LogP contribution in [0.2, 0.25) is 0 Å². The van der Waals surface area contributed by atoms with Gasteiger partial charge in [-0.2, -0.15) is 0 Å². The predicted octanol–water partition coefficient (Wildman–Crippen LogP) is 2.48. The molecular weight excluding hydrogens is 390 g/mol. The standard InChI is InChI=1S/C20H19N5O3S/c1-10-23-24-20(29-10)22-19(28)21-9-11-2-6-14(7-3-11)25-17(26)15-12-4-5-13(8-12)16(15)18(25)27/h2-7,12-13,15-16H,8-9H2,1H3,(H2,21,22,24,28). The van der Waals surface area contributed by atoms with Gasteiger partial charge in [0.2, 0.25) is 16.9 Å². The third kappa shape index (κ3) is 3.02. The highest BCUT2D eigenvalue weighted by atomic mass is 32.1. The molecule has 1 saturated carbocycles. The first-order chi connectivity index (χ1) is 14.0. The minimum Gasteiger partial charge on any atom is -0.334 e. The van der Waals surface area contributed by atoms with Crippen molar-refractivity contribution in [2.75, 3.05) is 10.2 Å². The number of nitrogens with zero attached hydrogens (tertiary/aromatic N) is 3. The third-order valence-corrected chi connectivity index (χ3v) is 6.62. The van der Waals surface area contributed by atoms with Crippen molar-refractivity contribution in [1.82, 2.24) is 15.5 Å². The summed E-state index contributed by atoms with van der Waals surface area (Å²) in [6.45, 7) is 2.12. The number of urea groups is 1. The second kappa shape index (κ2) is 6.77. The molecule has 5 rings (SSSR count). The van der Waals surface area contributed by atoms with Gasteiger partial charge in [-0.25, -0.2) is 4.79 Å². The van der Waals surface area contributed by atoms with Crippen LogP contribution in [0.3, 0.4) is 0 Å². The Balaban J connectivity index is 1.22. The number of amides is 4. The van der Waals surface area contributed by atoms with Crippen LogP contribution in [0.4, 0.5) is 15.6 Å². The molecule has 1 aromatic heterocycles. The Hall–Kier alpha value is -3.07. The van der Waals surface area contributed by atoms with Crippen molar-refractivity contribution < 1.29 is 14.4 Å². The second-order valence-corrected chi connectivity index (χ2v) is 8.79. The van der Waals surface area contributed by atoms with Crippen LogP contribution in [0.15, 0.2) is 36.4 Å². The van der Waals surface area contributed by atoms with Crippen molar-refractivity contribution in [2.24, 2.45) is 23.7 Å². The first-order valence-electron chi connectivity index (χ1n) is 9.51. The van der Waals surface area contributed by atoms with E-state index in [4.69, 9.17) is 0 Å². The molecule has 2 aliphatic carbocycles. The van der Waals surface area contributed by atoms with E-state index >= 15 is 0 Å². The van der Waals surface area contributed by atoms with E-state index in [1.807, 2.05) is 19.1 Å². The Kier molecular flexibility index (Phi) is 4.20. The van der Waals surface area contributed by atoms with Crippen molar-refractivity contribution in [3.63, 3.8) is 0 Å². The Labute approximate surface area is 171 Å². The zero-order chi connectivity index (χ0) is 20.1. The summed E-state index contributed by atoms with van der Waals surface area (Å²) >= 11 is 1.30. The fourth-order valence-electron chi connectivity index (χ4n) is 4.59. The molecular formula is C20H19N5O3S. The molecule has 4 atom stereocenters. The molecule has 0 radical (unpaired) electrons. The molecule has 1 aromatic carbocycles. The molecule has 4 amide bonds. The molecule has 3 aliphatic rings. The van der Waals surface area contributed by atoms with Gasteiger partial charge in [0, 0.05) is 6.54 Å². The maximum absolute atomic E-state index is 12.9. The maximum atomic E-state index is 12.9. The number of carbonyl (C=O) groups is 3. The number of hydrogen-bond acceptors (Lipinski definition) is 6. The molecule has 148 valence electrons. The van der Waals surface area contributed by atoms with Crippen LogP contribution in [0.1, 0.15) is 17.0 Å². The number of aryl methyl sites for hydroxylation is 1. The number of nitrogens with one attached hydrogen (secondary N) is 2. The number of anilines is 2. The maximum Gasteiger partial charge on any atom is 0.321 e. The first-order valence-corrected chi connectivity index (χ1v) is 10.3. The smallest absolute Gasteiger partial charge is 0.321 e. The van der Waals surface area contributed by atoms with Crippen molar-refractivity contribution in [2.45, 2.75) is 19.9 Å². The van der Waals surface area contributed by atoms with Crippen LogP contribution < -0.4 is 15.5 Å². The van der Waals surface area contributed by atoms with Crippen LogP contribution in [0.5, 0.6) is 0 Å². The van der Waals surface area contributed by atoms with Gasteiger partial charge < -0.3 is 5.32 Å². The summed E-state index contributed by atoms with van der Waals surface area (Å²) in [4.78, 5) is 39.0. The van der Waals surface area contributed by atoms with Gasteiger partial charge in [-0.1, -0.05) is 35.6 Å². The van der Waals surface area contributed by atoms with E-state index < -0.39 is 0 Å². The highest BCUT2D eigenvalue weighted by Crippen LogP contribution is 2.53. The Bertz CT molecular complexity index is 1000. The predicted molar refractivity (Wildman–Crippen MR) is 107 cm³/mol. The summed E-state index contributed by atoms with van der Waals surface area (Å²) in [5, 5.41) is 14.3. The van der Waals surface area contributed by atoms with Gasteiger partial charge in [-0.15, -0.1) is 10.2 Å². The molecule has 8 nitrogen and oxygen atoms in total.